The first-order chi connectivity index (χ1) is 9.56. The molecule has 20 heavy (non-hydrogen) atoms. The molecule has 0 radical (unpaired) electrons. The second-order valence-electron chi connectivity index (χ2n) is 4.45. The van der Waals surface area contributed by atoms with Crippen LogP contribution in [0.25, 0.3) is 11.0 Å². The molecule has 102 valence electrons. The SMILES string of the molecule is Cc1nn(Cc2c(Cl)cccc2Cl)c2nc(Cl)ccc12. The number of hydrogen-bond acceptors (Lipinski definition) is 2. The van der Waals surface area contributed by atoms with Gasteiger partial charge in [-0.25, -0.2) is 9.67 Å². The lowest BCUT2D eigenvalue weighted by Gasteiger charge is -2.07. The molecule has 0 N–H and O–H groups in total. The van der Waals surface area contributed by atoms with Gasteiger partial charge in [0.25, 0.3) is 0 Å². The summed E-state index contributed by atoms with van der Waals surface area (Å²) in [5, 5.41) is 7.11. The average Bonchev–Trinajstić information content (AvgIpc) is 2.70. The Bertz CT molecular complexity index is 775. The van der Waals surface area contributed by atoms with Crippen molar-refractivity contribution in [2.24, 2.45) is 0 Å². The summed E-state index contributed by atoms with van der Waals surface area (Å²) >= 11 is 18.4. The van der Waals surface area contributed by atoms with E-state index in [-0.39, 0.29) is 0 Å². The molecule has 0 fully saturated rings. The Morgan fingerprint density at radius 3 is 2.45 bits per heavy atom. The lowest BCUT2D eigenvalue weighted by Crippen LogP contribution is -2.04. The largest absolute Gasteiger partial charge is 0.242 e. The highest BCUT2D eigenvalue weighted by Gasteiger charge is 2.12. The van der Waals surface area contributed by atoms with Gasteiger partial charge in [0.15, 0.2) is 5.65 Å². The first kappa shape index (κ1) is 13.7. The molecule has 6 heteroatoms. The van der Waals surface area contributed by atoms with E-state index < -0.39 is 0 Å². The maximum Gasteiger partial charge on any atom is 0.160 e. The average molecular weight is 327 g/mol. The molecule has 0 saturated heterocycles. The van der Waals surface area contributed by atoms with E-state index in [0.717, 1.165) is 22.3 Å². The summed E-state index contributed by atoms with van der Waals surface area (Å²) < 4.78 is 1.77. The van der Waals surface area contributed by atoms with Gasteiger partial charge in [0.1, 0.15) is 5.15 Å². The predicted molar refractivity (Wildman–Crippen MR) is 82.8 cm³/mol. The van der Waals surface area contributed by atoms with E-state index in [2.05, 4.69) is 10.1 Å². The number of aromatic nitrogens is 3. The van der Waals surface area contributed by atoms with Gasteiger partial charge in [-0.2, -0.15) is 5.10 Å². The number of halogens is 3. The summed E-state index contributed by atoms with van der Waals surface area (Å²) in [5.74, 6) is 0. The summed E-state index contributed by atoms with van der Waals surface area (Å²) in [6, 6.07) is 9.10. The number of rotatable bonds is 2. The molecule has 1 aromatic carbocycles. The monoisotopic (exact) mass is 325 g/mol. The summed E-state index contributed by atoms with van der Waals surface area (Å²) in [6.07, 6.45) is 0. The summed E-state index contributed by atoms with van der Waals surface area (Å²) in [7, 11) is 0. The summed E-state index contributed by atoms with van der Waals surface area (Å²) in [4.78, 5) is 4.33. The Labute approximate surface area is 131 Å². The van der Waals surface area contributed by atoms with E-state index in [1.54, 1.807) is 10.7 Å². The van der Waals surface area contributed by atoms with E-state index in [1.807, 2.05) is 31.2 Å². The van der Waals surface area contributed by atoms with Crippen LogP contribution in [0.1, 0.15) is 11.3 Å². The van der Waals surface area contributed by atoms with Gasteiger partial charge in [0.2, 0.25) is 0 Å². The predicted octanol–water partition coefficient (Wildman–Crippen LogP) is 4.75. The number of pyridine rings is 1. The molecular weight excluding hydrogens is 317 g/mol. The van der Waals surface area contributed by atoms with Crippen LogP contribution in [0, 0.1) is 6.92 Å². The molecule has 2 aromatic heterocycles. The van der Waals surface area contributed by atoms with Gasteiger partial charge < -0.3 is 0 Å². The molecule has 0 amide bonds. The molecule has 3 aromatic rings. The molecule has 0 bridgehead atoms. The standard InChI is InChI=1S/C14H10Cl3N3/c1-8-9-5-6-13(17)18-14(9)20(19-8)7-10-11(15)3-2-4-12(10)16/h2-6H,7H2,1H3. The summed E-state index contributed by atoms with van der Waals surface area (Å²) in [5.41, 5.74) is 2.44. The van der Waals surface area contributed by atoms with Crippen LogP contribution < -0.4 is 0 Å². The lowest BCUT2D eigenvalue weighted by atomic mass is 10.2. The fraction of sp³-hybridized carbons (Fsp3) is 0.143. The van der Waals surface area contributed by atoms with E-state index in [1.165, 1.54) is 0 Å². The minimum Gasteiger partial charge on any atom is -0.242 e. The molecule has 0 saturated carbocycles. The molecule has 0 spiro atoms. The zero-order valence-electron chi connectivity index (χ0n) is 10.6. The number of hydrogen-bond donors (Lipinski definition) is 0. The molecule has 0 aliphatic heterocycles. The van der Waals surface area contributed by atoms with Crippen LogP contribution in [0.15, 0.2) is 30.3 Å². The van der Waals surface area contributed by atoms with Crippen molar-refractivity contribution < 1.29 is 0 Å². The molecule has 0 unspecified atom stereocenters. The maximum absolute atomic E-state index is 6.20. The molecule has 0 aliphatic rings. The smallest absolute Gasteiger partial charge is 0.160 e. The normalized spacial score (nSPS) is 11.2. The lowest BCUT2D eigenvalue weighted by molar-refractivity contribution is 0.696. The zero-order chi connectivity index (χ0) is 14.3. The highest BCUT2D eigenvalue weighted by molar-refractivity contribution is 6.36. The van der Waals surface area contributed by atoms with Crippen LogP contribution in [-0.2, 0) is 6.54 Å². The minimum atomic E-state index is 0.434. The quantitative estimate of drug-likeness (QED) is 0.636. The van der Waals surface area contributed by atoms with Crippen LogP contribution in [0.4, 0.5) is 0 Å². The van der Waals surface area contributed by atoms with Crippen LogP contribution in [-0.4, -0.2) is 14.8 Å². The van der Waals surface area contributed by atoms with Crippen molar-refractivity contribution >= 4 is 45.8 Å². The number of nitrogens with zero attached hydrogens (tertiary/aromatic N) is 3. The maximum atomic E-state index is 6.20. The van der Waals surface area contributed by atoms with Crippen molar-refractivity contribution in [3.8, 4) is 0 Å². The minimum absolute atomic E-state index is 0.434. The number of fused-ring (bicyclic) bond motifs is 1. The highest BCUT2D eigenvalue weighted by Crippen LogP contribution is 2.27. The number of benzene rings is 1. The van der Waals surface area contributed by atoms with Crippen molar-refractivity contribution in [1.82, 2.24) is 14.8 Å². The third-order valence-corrected chi connectivity index (χ3v) is 4.03. The highest BCUT2D eigenvalue weighted by atomic mass is 35.5. The number of aryl methyl sites for hydroxylation is 1. The zero-order valence-corrected chi connectivity index (χ0v) is 12.8. The Kier molecular flexibility index (Phi) is 3.59. The van der Waals surface area contributed by atoms with E-state index in [0.29, 0.717) is 21.7 Å². The first-order valence-electron chi connectivity index (χ1n) is 5.99. The molecule has 2 heterocycles. The Morgan fingerprint density at radius 1 is 1.05 bits per heavy atom. The Morgan fingerprint density at radius 2 is 1.75 bits per heavy atom. The van der Waals surface area contributed by atoms with E-state index >= 15 is 0 Å². The van der Waals surface area contributed by atoms with Crippen LogP contribution in [0.5, 0.6) is 0 Å². The van der Waals surface area contributed by atoms with E-state index in [4.69, 9.17) is 34.8 Å². The van der Waals surface area contributed by atoms with E-state index in [9.17, 15) is 0 Å². The molecule has 0 atom stereocenters. The fourth-order valence-electron chi connectivity index (χ4n) is 2.13. The van der Waals surface area contributed by atoms with Crippen LogP contribution in [0.2, 0.25) is 15.2 Å². The fourth-order valence-corrected chi connectivity index (χ4v) is 2.79. The first-order valence-corrected chi connectivity index (χ1v) is 7.12. The van der Waals surface area contributed by atoms with Crippen molar-refractivity contribution in [3.05, 3.63) is 56.8 Å². The van der Waals surface area contributed by atoms with Crippen molar-refractivity contribution in [2.75, 3.05) is 0 Å². The topological polar surface area (TPSA) is 30.7 Å². The van der Waals surface area contributed by atoms with Gasteiger partial charge in [-0.1, -0.05) is 40.9 Å². The van der Waals surface area contributed by atoms with Gasteiger partial charge in [0.05, 0.1) is 12.2 Å². The summed E-state index contributed by atoms with van der Waals surface area (Å²) in [6.45, 7) is 2.39. The van der Waals surface area contributed by atoms with Gasteiger partial charge in [0, 0.05) is 21.0 Å². The van der Waals surface area contributed by atoms with Crippen molar-refractivity contribution in [3.63, 3.8) is 0 Å². The molecule has 0 aliphatic carbocycles. The van der Waals surface area contributed by atoms with Gasteiger partial charge in [-0.3, -0.25) is 0 Å². The second kappa shape index (κ2) is 5.24. The third-order valence-electron chi connectivity index (χ3n) is 3.12. The molecule has 3 rings (SSSR count). The van der Waals surface area contributed by atoms with Gasteiger partial charge in [-0.05, 0) is 31.2 Å². The second-order valence-corrected chi connectivity index (χ2v) is 5.65. The van der Waals surface area contributed by atoms with Gasteiger partial charge >= 0.3 is 0 Å². The van der Waals surface area contributed by atoms with Crippen molar-refractivity contribution in [1.29, 1.82) is 0 Å². The Hall–Kier alpha value is -1.29. The third kappa shape index (κ3) is 2.37. The van der Waals surface area contributed by atoms with Gasteiger partial charge in [-0.15, -0.1) is 0 Å². The Balaban J connectivity index is 2.14. The molecule has 3 nitrogen and oxygen atoms in total. The van der Waals surface area contributed by atoms with Crippen molar-refractivity contribution in [2.45, 2.75) is 13.5 Å². The molecular formula is C14H10Cl3N3. The van der Waals surface area contributed by atoms with Crippen LogP contribution in [0.3, 0.4) is 0 Å². The van der Waals surface area contributed by atoms with Crippen LogP contribution >= 0.6 is 34.8 Å².